The number of nitrogens with one attached hydrogen (secondary N) is 2. The number of ketones is 1. The molecular formula is C23H26N2O5S2. The topological polar surface area (TPSA) is 105 Å². The molecule has 9 heteroatoms. The van der Waals surface area contributed by atoms with Crippen LogP contribution in [0.5, 0.6) is 0 Å². The van der Waals surface area contributed by atoms with Gasteiger partial charge in [0, 0.05) is 28.0 Å². The molecule has 32 heavy (non-hydrogen) atoms. The highest BCUT2D eigenvalue weighted by Crippen LogP contribution is 2.32. The molecule has 0 spiro atoms. The number of carbonyl (C=O) groups excluding carboxylic acids is 2. The van der Waals surface area contributed by atoms with E-state index in [4.69, 9.17) is 4.74 Å². The van der Waals surface area contributed by atoms with Gasteiger partial charge in [0.25, 0.3) is 0 Å². The maximum absolute atomic E-state index is 12.6. The molecule has 0 radical (unpaired) electrons. The number of Topliss-reactive ketones (excluding diaryl/α,β-unsaturated/α-hetero) is 1. The number of hydrogen-bond acceptors (Lipinski definition) is 6. The Morgan fingerprint density at radius 2 is 2.06 bits per heavy atom. The van der Waals surface area contributed by atoms with E-state index >= 15 is 0 Å². The molecule has 0 bridgehead atoms. The molecule has 0 saturated carbocycles. The van der Waals surface area contributed by atoms with Crippen LogP contribution in [0.4, 0.5) is 0 Å². The van der Waals surface area contributed by atoms with Gasteiger partial charge in [0.2, 0.25) is 15.8 Å². The molecule has 0 saturated heterocycles. The minimum absolute atomic E-state index is 0.270. The summed E-state index contributed by atoms with van der Waals surface area (Å²) in [6.45, 7) is 2.18. The number of hydrogen-bond donors (Lipinski definition) is 2. The summed E-state index contributed by atoms with van der Waals surface area (Å²) in [5.41, 5.74) is 3.98. The zero-order valence-electron chi connectivity index (χ0n) is 18.1. The number of aromatic nitrogens is 1. The van der Waals surface area contributed by atoms with Crippen LogP contribution in [0.1, 0.15) is 49.5 Å². The minimum atomic E-state index is -3.24. The fraction of sp³-hybridized carbons (Fsp3) is 0.391. The Labute approximate surface area is 191 Å². The van der Waals surface area contributed by atoms with Gasteiger partial charge in [0.1, 0.15) is 0 Å². The highest BCUT2D eigenvalue weighted by atomic mass is 32.2. The van der Waals surface area contributed by atoms with E-state index in [1.54, 1.807) is 18.2 Å². The van der Waals surface area contributed by atoms with Gasteiger partial charge in [-0.3, -0.25) is 4.79 Å². The van der Waals surface area contributed by atoms with E-state index in [-0.39, 0.29) is 18.9 Å². The smallest absolute Gasteiger partial charge is 0.338 e. The molecule has 7 nitrogen and oxygen atoms in total. The SMILES string of the molecule is C[C@H]1CCc2[nH]c3ccc(C(=O)OCC(=O)c4ccc(CCNS(C)(=O)=O)s4)cc3c2C1. The van der Waals surface area contributed by atoms with Crippen LogP contribution in [-0.2, 0) is 34.0 Å². The first-order valence-electron chi connectivity index (χ1n) is 10.6. The molecule has 0 fully saturated rings. The van der Waals surface area contributed by atoms with Crippen LogP contribution in [-0.4, -0.2) is 44.6 Å². The lowest BCUT2D eigenvalue weighted by atomic mass is 9.87. The highest BCUT2D eigenvalue weighted by Gasteiger charge is 2.21. The van der Waals surface area contributed by atoms with Crippen molar-refractivity contribution in [2.24, 2.45) is 5.92 Å². The second kappa shape index (κ2) is 9.17. The van der Waals surface area contributed by atoms with Crippen LogP contribution >= 0.6 is 11.3 Å². The number of fused-ring (bicyclic) bond motifs is 3. The minimum Gasteiger partial charge on any atom is -0.454 e. The Balaban J connectivity index is 1.37. The van der Waals surface area contributed by atoms with Gasteiger partial charge in [-0.25, -0.2) is 17.9 Å². The zero-order valence-corrected chi connectivity index (χ0v) is 19.7. The van der Waals surface area contributed by atoms with Crippen molar-refractivity contribution >= 4 is 44.0 Å². The molecule has 1 aliphatic rings. The van der Waals surface area contributed by atoms with Gasteiger partial charge in [0.15, 0.2) is 6.61 Å². The quantitative estimate of drug-likeness (QED) is 0.384. The largest absolute Gasteiger partial charge is 0.454 e. The number of aryl methyl sites for hydroxylation is 1. The highest BCUT2D eigenvalue weighted by molar-refractivity contribution is 7.88. The fourth-order valence-corrected chi connectivity index (χ4v) is 5.43. The molecule has 2 N–H and O–H groups in total. The summed E-state index contributed by atoms with van der Waals surface area (Å²) in [5.74, 6) is -0.180. The van der Waals surface area contributed by atoms with Gasteiger partial charge in [0.05, 0.1) is 16.7 Å². The molecule has 1 aromatic carbocycles. The lowest BCUT2D eigenvalue weighted by molar-refractivity contribution is 0.0476. The summed E-state index contributed by atoms with van der Waals surface area (Å²) in [6.07, 6.45) is 4.77. The molecule has 0 aliphatic heterocycles. The Hall–Kier alpha value is -2.49. The van der Waals surface area contributed by atoms with Crippen molar-refractivity contribution in [3.8, 4) is 0 Å². The number of aromatic amines is 1. The number of benzene rings is 1. The van der Waals surface area contributed by atoms with Gasteiger partial charge in [-0.15, -0.1) is 11.3 Å². The van der Waals surface area contributed by atoms with Crippen molar-refractivity contribution in [3.63, 3.8) is 0 Å². The molecular weight excluding hydrogens is 448 g/mol. The summed E-state index contributed by atoms with van der Waals surface area (Å²) in [5, 5.41) is 1.05. The molecule has 2 heterocycles. The maximum atomic E-state index is 12.6. The Morgan fingerprint density at radius 1 is 1.25 bits per heavy atom. The van der Waals surface area contributed by atoms with Crippen LogP contribution in [0.25, 0.3) is 10.9 Å². The number of rotatable bonds is 8. The van der Waals surface area contributed by atoms with E-state index in [1.165, 1.54) is 22.6 Å². The third-order valence-electron chi connectivity index (χ3n) is 5.68. The second-order valence-electron chi connectivity index (χ2n) is 8.37. The van der Waals surface area contributed by atoms with Crippen molar-refractivity contribution < 1.29 is 22.7 Å². The normalized spacial score (nSPS) is 16.1. The van der Waals surface area contributed by atoms with Gasteiger partial charge < -0.3 is 9.72 Å². The molecule has 2 aromatic heterocycles. The standard InChI is InChI=1S/C23H26N2O5S2/c1-14-3-6-19-17(11-14)18-12-15(4-7-20(18)25-19)23(27)30-13-21(26)22-8-5-16(31-22)9-10-24-32(2,28)29/h4-5,7-8,12,14,24-25H,3,6,9-11,13H2,1-2H3/t14-/m0/s1. The Bertz CT molecular complexity index is 1270. The van der Waals surface area contributed by atoms with Crippen molar-refractivity contribution in [1.82, 2.24) is 9.71 Å². The average Bonchev–Trinajstić information content (AvgIpc) is 3.35. The molecule has 1 aliphatic carbocycles. The van der Waals surface area contributed by atoms with Crippen LogP contribution < -0.4 is 4.72 Å². The average molecular weight is 475 g/mol. The van der Waals surface area contributed by atoms with Crippen molar-refractivity contribution in [1.29, 1.82) is 0 Å². The third kappa shape index (κ3) is 5.28. The van der Waals surface area contributed by atoms with E-state index in [9.17, 15) is 18.0 Å². The first kappa shape index (κ1) is 22.7. The van der Waals surface area contributed by atoms with Crippen LogP contribution in [0, 0.1) is 5.92 Å². The van der Waals surface area contributed by atoms with Gasteiger partial charge in [-0.05, 0) is 67.5 Å². The predicted molar refractivity (Wildman–Crippen MR) is 125 cm³/mol. The van der Waals surface area contributed by atoms with Gasteiger partial charge >= 0.3 is 5.97 Å². The molecule has 0 amide bonds. The van der Waals surface area contributed by atoms with Crippen LogP contribution in [0.3, 0.4) is 0 Å². The summed E-state index contributed by atoms with van der Waals surface area (Å²) in [4.78, 5) is 29.8. The Morgan fingerprint density at radius 3 is 2.84 bits per heavy atom. The predicted octanol–water partition coefficient (Wildman–Crippen LogP) is 3.49. The number of thiophene rings is 1. The van der Waals surface area contributed by atoms with Crippen LogP contribution in [0.2, 0.25) is 0 Å². The van der Waals surface area contributed by atoms with E-state index < -0.39 is 16.0 Å². The van der Waals surface area contributed by atoms with E-state index in [2.05, 4.69) is 16.6 Å². The molecule has 1 atom stereocenters. The maximum Gasteiger partial charge on any atom is 0.338 e. The molecule has 0 unspecified atom stereocenters. The molecule has 170 valence electrons. The summed E-state index contributed by atoms with van der Waals surface area (Å²) < 4.78 is 30.0. The molecule has 4 rings (SSSR count). The van der Waals surface area contributed by atoms with Crippen molar-refractivity contribution in [2.75, 3.05) is 19.4 Å². The van der Waals surface area contributed by atoms with Gasteiger partial charge in [-0.2, -0.15) is 0 Å². The summed E-state index contributed by atoms with van der Waals surface area (Å²) >= 11 is 1.28. The van der Waals surface area contributed by atoms with E-state index in [1.807, 2.05) is 12.1 Å². The van der Waals surface area contributed by atoms with Crippen LogP contribution in [0.15, 0.2) is 30.3 Å². The van der Waals surface area contributed by atoms with Crippen molar-refractivity contribution in [2.45, 2.75) is 32.6 Å². The second-order valence-corrected chi connectivity index (χ2v) is 11.4. The Kier molecular flexibility index (Phi) is 6.50. The van der Waals surface area contributed by atoms with Crippen molar-refractivity contribution in [3.05, 3.63) is 56.9 Å². The number of carbonyl (C=O) groups is 2. The number of H-pyrrole nitrogens is 1. The lowest BCUT2D eigenvalue weighted by Crippen LogP contribution is -2.24. The number of esters is 1. The molecule has 3 aromatic rings. The first-order valence-corrected chi connectivity index (χ1v) is 13.3. The monoisotopic (exact) mass is 474 g/mol. The summed E-state index contributed by atoms with van der Waals surface area (Å²) in [6, 6.07) is 8.93. The third-order valence-corrected chi connectivity index (χ3v) is 7.59. The number of ether oxygens (including phenoxy) is 1. The fourth-order valence-electron chi connectivity index (χ4n) is 4.03. The number of sulfonamides is 1. The summed E-state index contributed by atoms with van der Waals surface area (Å²) in [7, 11) is -3.24. The first-order chi connectivity index (χ1) is 15.2. The zero-order chi connectivity index (χ0) is 22.9. The van der Waals surface area contributed by atoms with Gasteiger partial charge in [-0.1, -0.05) is 6.92 Å². The van der Waals surface area contributed by atoms with E-state index in [0.717, 1.165) is 41.3 Å². The van der Waals surface area contributed by atoms with E-state index in [0.29, 0.717) is 22.8 Å². The lowest BCUT2D eigenvalue weighted by Gasteiger charge is -2.18.